The van der Waals surface area contributed by atoms with Crippen molar-refractivity contribution in [1.29, 1.82) is 0 Å². The first-order valence-electron chi connectivity index (χ1n) is 8.23. The van der Waals surface area contributed by atoms with Crippen LogP contribution in [0.25, 0.3) is 0 Å². The zero-order chi connectivity index (χ0) is 14.6. The van der Waals surface area contributed by atoms with E-state index in [2.05, 4.69) is 56.3 Å². The minimum absolute atomic E-state index is 0.432. The van der Waals surface area contributed by atoms with Gasteiger partial charge in [0.1, 0.15) is 0 Å². The molecule has 0 spiro atoms. The van der Waals surface area contributed by atoms with Gasteiger partial charge in [-0.25, -0.2) is 0 Å². The molecule has 1 atom stereocenters. The van der Waals surface area contributed by atoms with Gasteiger partial charge >= 0.3 is 0 Å². The summed E-state index contributed by atoms with van der Waals surface area (Å²) in [6.07, 6.45) is 8.89. The Hall–Kier alpha value is -0.890. The van der Waals surface area contributed by atoms with Crippen molar-refractivity contribution < 1.29 is 0 Å². The number of nitrogens with one attached hydrogen (secondary N) is 1. The molecule has 1 aliphatic carbocycles. The molecule has 2 rings (SSSR count). The minimum Gasteiger partial charge on any atom is -0.310 e. The molecule has 0 amide bonds. The van der Waals surface area contributed by atoms with E-state index < -0.39 is 0 Å². The van der Waals surface area contributed by atoms with E-state index in [1.165, 1.54) is 37.7 Å². The molecule has 1 heterocycles. The smallest absolute Gasteiger partial charge is 0.0392 e. The van der Waals surface area contributed by atoms with Crippen LogP contribution in [0.1, 0.15) is 70.2 Å². The molecule has 0 saturated heterocycles. The fraction of sp³-hybridized carbons (Fsp3) is 0.722. The molecule has 1 aromatic heterocycles. The van der Waals surface area contributed by atoms with E-state index >= 15 is 0 Å². The molecule has 1 saturated carbocycles. The molecule has 1 aliphatic rings. The summed E-state index contributed by atoms with van der Waals surface area (Å²) >= 11 is 0. The molecule has 0 aromatic carbocycles. The van der Waals surface area contributed by atoms with Crippen molar-refractivity contribution >= 4 is 0 Å². The second-order valence-electron chi connectivity index (χ2n) is 6.89. The van der Waals surface area contributed by atoms with Crippen molar-refractivity contribution in [2.75, 3.05) is 6.54 Å². The van der Waals surface area contributed by atoms with Crippen LogP contribution >= 0.6 is 0 Å². The summed E-state index contributed by atoms with van der Waals surface area (Å²) in [6, 6.07) is 4.89. The van der Waals surface area contributed by atoms with Crippen molar-refractivity contribution in [2.24, 2.45) is 11.3 Å². The van der Waals surface area contributed by atoms with Crippen LogP contribution in [0.5, 0.6) is 0 Å². The van der Waals surface area contributed by atoms with Gasteiger partial charge < -0.3 is 5.32 Å². The van der Waals surface area contributed by atoms with Gasteiger partial charge in [-0.3, -0.25) is 4.98 Å². The Kier molecular flexibility index (Phi) is 5.20. The molecule has 0 radical (unpaired) electrons. The Bertz CT molecular complexity index is 402. The van der Waals surface area contributed by atoms with Crippen molar-refractivity contribution in [3.05, 3.63) is 29.6 Å². The van der Waals surface area contributed by atoms with Crippen LogP contribution in [0.15, 0.2) is 18.3 Å². The standard InChI is InChI=1S/C18H30N2/c1-5-19-17(16-9-8-15(4)20-13-16)18(12-14(2)3)10-6-7-11-18/h8-9,13-14,17,19H,5-7,10-12H2,1-4H3. The Balaban J connectivity index is 2.31. The van der Waals surface area contributed by atoms with E-state index in [-0.39, 0.29) is 0 Å². The third kappa shape index (κ3) is 3.41. The third-order valence-corrected chi connectivity index (χ3v) is 4.70. The van der Waals surface area contributed by atoms with Crippen LogP contribution in [-0.4, -0.2) is 11.5 Å². The molecule has 0 bridgehead atoms. The summed E-state index contributed by atoms with van der Waals surface area (Å²) in [5.74, 6) is 0.757. The average molecular weight is 274 g/mol. The van der Waals surface area contributed by atoms with Crippen molar-refractivity contribution in [2.45, 2.75) is 65.8 Å². The zero-order valence-electron chi connectivity index (χ0n) is 13.6. The molecular formula is C18H30N2. The van der Waals surface area contributed by atoms with Crippen LogP contribution in [0.4, 0.5) is 0 Å². The van der Waals surface area contributed by atoms with Gasteiger partial charge in [0.05, 0.1) is 0 Å². The lowest BCUT2D eigenvalue weighted by Crippen LogP contribution is -2.37. The third-order valence-electron chi connectivity index (χ3n) is 4.70. The van der Waals surface area contributed by atoms with Gasteiger partial charge in [-0.05, 0) is 55.7 Å². The fourth-order valence-corrected chi connectivity index (χ4v) is 4.04. The minimum atomic E-state index is 0.432. The summed E-state index contributed by atoms with van der Waals surface area (Å²) in [5.41, 5.74) is 2.91. The predicted molar refractivity (Wildman–Crippen MR) is 85.7 cm³/mol. The summed E-state index contributed by atoms with van der Waals surface area (Å²) in [6.45, 7) is 10.0. The first kappa shape index (κ1) is 15.5. The van der Waals surface area contributed by atoms with Gasteiger partial charge in [-0.15, -0.1) is 0 Å². The van der Waals surface area contributed by atoms with Gasteiger partial charge in [0.15, 0.2) is 0 Å². The summed E-state index contributed by atoms with van der Waals surface area (Å²) in [4.78, 5) is 4.52. The monoisotopic (exact) mass is 274 g/mol. The molecule has 112 valence electrons. The highest BCUT2D eigenvalue weighted by Gasteiger charge is 2.41. The van der Waals surface area contributed by atoms with Crippen LogP contribution < -0.4 is 5.32 Å². The molecule has 20 heavy (non-hydrogen) atoms. The Morgan fingerprint density at radius 1 is 1.25 bits per heavy atom. The molecule has 1 N–H and O–H groups in total. The highest BCUT2D eigenvalue weighted by Crippen LogP contribution is 2.51. The van der Waals surface area contributed by atoms with Crippen LogP contribution in [0.2, 0.25) is 0 Å². The SMILES string of the molecule is CCNC(c1ccc(C)nc1)C1(CC(C)C)CCCC1. The van der Waals surface area contributed by atoms with E-state index in [0.29, 0.717) is 11.5 Å². The summed E-state index contributed by atoms with van der Waals surface area (Å²) in [5, 5.41) is 3.77. The number of rotatable bonds is 6. The number of aryl methyl sites for hydroxylation is 1. The lowest BCUT2D eigenvalue weighted by Gasteiger charge is -2.40. The maximum atomic E-state index is 4.52. The highest BCUT2D eigenvalue weighted by molar-refractivity contribution is 5.21. The zero-order valence-corrected chi connectivity index (χ0v) is 13.6. The van der Waals surface area contributed by atoms with Crippen molar-refractivity contribution in [3.63, 3.8) is 0 Å². The Morgan fingerprint density at radius 2 is 1.95 bits per heavy atom. The van der Waals surface area contributed by atoms with Gasteiger partial charge in [-0.1, -0.05) is 39.7 Å². The average Bonchev–Trinajstić information content (AvgIpc) is 2.86. The molecule has 2 heteroatoms. The topological polar surface area (TPSA) is 24.9 Å². The maximum absolute atomic E-state index is 4.52. The van der Waals surface area contributed by atoms with Crippen LogP contribution in [-0.2, 0) is 0 Å². The quantitative estimate of drug-likeness (QED) is 0.817. The Labute approximate surface area is 124 Å². The Morgan fingerprint density at radius 3 is 2.45 bits per heavy atom. The largest absolute Gasteiger partial charge is 0.310 e. The fourth-order valence-electron chi connectivity index (χ4n) is 4.04. The number of pyridine rings is 1. The van der Waals surface area contributed by atoms with Gasteiger partial charge in [0, 0.05) is 17.9 Å². The van der Waals surface area contributed by atoms with E-state index in [9.17, 15) is 0 Å². The second-order valence-corrected chi connectivity index (χ2v) is 6.89. The molecule has 1 aromatic rings. The lowest BCUT2D eigenvalue weighted by molar-refractivity contribution is 0.156. The number of hydrogen-bond acceptors (Lipinski definition) is 2. The van der Waals surface area contributed by atoms with Crippen molar-refractivity contribution in [3.8, 4) is 0 Å². The highest BCUT2D eigenvalue weighted by atomic mass is 14.9. The molecule has 1 unspecified atom stereocenters. The maximum Gasteiger partial charge on any atom is 0.0392 e. The number of hydrogen-bond donors (Lipinski definition) is 1. The molecular weight excluding hydrogens is 244 g/mol. The van der Waals surface area contributed by atoms with Crippen LogP contribution in [0, 0.1) is 18.3 Å². The first-order valence-corrected chi connectivity index (χ1v) is 8.23. The first-order chi connectivity index (χ1) is 9.57. The van der Waals surface area contributed by atoms with E-state index in [4.69, 9.17) is 0 Å². The van der Waals surface area contributed by atoms with Crippen molar-refractivity contribution in [1.82, 2.24) is 10.3 Å². The lowest BCUT2D eigenvalue weighted by atomic mass is 9.70. The van der Waals surface area contributed by atoms with Gasteiger partial charge in [0.2, 0.25) is 0 Å². The van der Waals surface area contributed by atoms with Crippen LogP contribution in [0.3, 0.4) is 0 Å². The predicted octanol–water partition coefficient (Wildman–Crippen LogP) is 4.65. The van der Waals surface area contributed by atoms with Gasteiger partial charge in [0.25, 0.3) is 0 Å². The molecule has 0 aliphatic heterocycles. The number of nitrogens with zero attached hydrogens (tertiary/aromatic N) is 1. The summed E-state index contributed by atoms with van der Waals surface area (Å²) < 4.78 is 0. The van der Waals surface area contributed by atoms with Gasteiger partial charge in [-0.2, -0.15) is 0 Å². The normalized spacial score (nSPS) is 19.4. The molecule has 2 nitrogen and oxygen atoms in total. The number of aromatic nitrogens is 1. The summed E-state index contributed by atoms with van der Waals surface area (Å²) in [7, 11) is 0. The van der Waals surface area contributed by atoms with E-state index in [0.717, 1.165) is 18.2 Å². The molecule has 1 fully saturated rings. The van der Waals surface area contributed by atoms with E-state index in [1.54, 1.807) is 0 Å². The van der Waals surface area contributed by atoms with E-state index in [1.807, 2.05) is 0 Å². The second kappa shape index (κ2) is 6.71.